The van der Waals surface area contributed by atoms with Crippen LogP contribution in [-0.2, 0) is 17.4 Å². The molecular weight excluding hydrogens is 491 g/mol. The number of rotatable bonds is 9. The molecular formula is C29H28BrO2P. The maximum absolute atomic E-state index is 10.8. The van der Waals surface area contributed by atoms with Gasteiger partial charge in [0.1, 0.15) is 0 Å². The van der Waals surface area contributed by atoms with E-state index >= 15 is 0 Å². The summed E-state index contributed by atoms with van der Waals surface area (Å²) in [5, 5.41) is 9.80. The number of aliphatic carboxylic acids is 1. The Bertz CT molecular complexity index is 1090. The maximum atomic E-state index is 10.8. The zero-order valence-electron chi connectivity index (χ0n) is 18.5. The summed E-state index contributed by atoms with van der Waals surface area (Å²) < 4.78 is 0. The van der Waals surface area contributed by atoms with E-state index < -0.39 is 11.3 Å². The molecule has 0 amide bonds. The van der Waals surface area contributed by atoms with Crippen molar-refractivity contribution in [1.82, 2.24) is 0 Å². The van der Waals surface area contributed by atoms with Crippen molar-refractivity contribution in [1.29, 1.82) is 0 Å². The SMILES string of the molecule is O=C(O)CCCc1ccc(CP(Br)(c2ccccc2)(c2ccccc2)c2ccccc2)cc1. The fourth-order valence-electron chi connectivity index (χ4n) is 4.54. The molecule has 4 aromatic rings. The Balaban J connectivity index is 1.83. The summed E-state index contributed by atoms with van der Waals surface area (Å²) in [6.07, 6.45) is 2.49. The van der Waals surface area contributed by atoms with Gasteiger partial charge < -0.3 is 0 Å². The molecule has 0 fully saturated rings. The van der Waals surface area contributed by atoms with Crippen LogP contribution in [0.3, 0.4) is 0 Å². The Morgan fingerprint density at radius 2 is 1.03 bits per heavy atom. The summed E-state index contributed by atoms with van der Waals surface area (Å²) in [5.74, 6) is -0.739. The molecule has 0 heterocycles. The van der Waals surface area contributed by atoms with Gasteiger partial charge in [0.15, 0.2) is 0 Å². The molecule has 33 heavy (non-hydrogen) atoms. The third-order valence-corrected chi connectivity index (χ3v) is 15.8. The van der Waals surface area contributed by atoms with E-state index in [4.69, 9.17) is 5.11 Å². The van der Waals surface area contributed by atoms with Crippen LogP contribution < -0.4 is 15.9 Å². The van der Waals surface area contributed by atoms with E-state index in [0.29, 0.717) is 6.42 Å². The van der Waals surface area contributed by atoms with Crippen LogP contribution in [0.15, 0.2) is 115 Å². The monoisotopic (exact) mass is 518 g/mol. The Kier molecular flexibility index (Phi) is 7.12. The predicted molar refractivity (Wildman–Crippen MR) is 145 cm³/mol. The van der Waals surface area contributed by atoms with E-state index in [-0.39, 0.29) is 6.42 Å². The number of aryl methyl sites for hydroxylation is 1. The summed E-state index contributed by atoms with van der Waals surface area (Å²) >= 11 is 4.50. The van der Waals surface area contributed by atoms with Crippen LogP contribution in [0.1, 0.15) is 24.0 Å². The molecule has 0 saturated carbocycles. The number of hydrogen-bond acceptors (Lipinski definition) is 1. The van der Waals surface area contributed by atoms with Gasteiger partial charge in [0.25, 0.3) is 0 Å². The van der Waals surface area contributed by atoms with Crippen LogP contribution in [0.25, 0.3) is 0 Å². The standard InChI is InChI=1S/C29H28BrO2P/c30-33(26-12-4-1-5-13-26,27-14-6-2-7-15-27,28-16-8-3-9-17-28)23-25-21-19-24(20-22-25)11-10-18-29(31)32/h1-9,12-17,19-22H,10-11,18,23H2,(H,31,32). The van der Waals surface area contributed by atoms with Crippen molar-refractivity contribution < 1.29 is 9.90 Å². The van der Waals surface area contributed by atoms with Gasteiger partial charge in [-0.1, -0.05) is 0 Å². The van der Waals surface area contributed by atoms with Gasteiger partial charge in [0, 0.05) is 0 Å². The van der Waals surface area contributed by atoms with Crippen molar-refractivity contribution in [2.24, 2.45) is 0 Å². The summed E-state index contributed by atoms with van der Waals surface area (Å²) in [6, 6.07) is 41.1. The minimum absolute atomic E-state index is 0.204. The molecule has 168 valence electrons. The molecule has 0 radical (unpaired) electrons. The normalized spacial score (nSPS) is 12.6. The Hall–Kier alpha value is -2.74. The topological polar surface area (TPSA) is 37.3 Å². The molecule has 0 aromatic heterocycles. The van der Waals surface area contributed by atoms with Crippen LogP contribution in [-0.4, -0.2) is 11.1 Å². The number of carboxylic acid groups (broad SMARTS) is 1. The van der Waals surface area contributed by atoms with Gasteiger partial charge in [0.2, 0.25) is 0 Å². The van der Waals surface area contributed by atoms with Crippen molar-refractivity contribution in [3.05, 3.63) is 126 Å². The number of benzene rings is 4. The Morgan fingerprint density at radius 3 is 1.42 bits per heavy atom. The molecule has 4 heteroatoms. The molecule has 0 aliphatic heterocycles. The number of carbonyl (C=O) groups is 1. The Morgan fingerprint density at radius 1 is 0.636 bits per heavy atom. The van der Waals surface area contributed by atoms with E-state index in [1.54, 1.807) is 0 Å². The van der Waals surface area contributed by atoms with Gasteiger partial charge in [-0.3, -0.25) is 0 Å². The van der Waals surface area contributed by atoms with Crippen LogP contribution in [0, 0.1) is 0 Å². The number of carboxylic acids is 1. The third kappa shape index (κ3) is 4.81. The quantitative estimate of drug-likeness (QED) is 0.259. The van der Waals surface area contributed by atoms with Crippen molar-refractivity contribution in [2.75, 3.05) is 0 Å². The van der Waals surface area contributed by atoms with Crippen LogP contribution in [0.5, 0.6) is 0 Å². The van der Waals surface area contributed by atoms with Crippen molar-refractivity contribution in [3.8, 4) is 0 Å². The van der Waals surface area contributed by atoms with E-state index in [1.165, 1.54) is 27.0 Å². The second-order valence-electron chi connectivity index (χ2n) is 8.41. The molecule has 0 saturated heterocycles. The molecule has 0 aliphatic rings. The molecule has 0 aliphatic carbocycles. The van der Waals surface area contributed by atoms with Gasteiger partial charge in [-0.2, -0.15) is 0 Å². The molecule has 4 rings (SSSR count). The Labute approximate surface area is 204 Å². The minimum atomic E-state index is -3.01. The molecule has 0 spiro atoms. The summed E-state index contributed by atoms with van der Waals surface area (Å²) in [6.45, 7) is 0. The van der Waals surface area contributed by atoms with E-state index in [1.807, 2.05) is 0 Å². The first-order valence-electron chi connectivity index (χ1n) is 11.2. The third-order valence-electron chi connectivity index (χ3n) is 6.24. The summed E-state index contributed by atoms with van der Waals surface area (Å²) in [4.78, 5) is 10.8. The summed E-state index contributed by atoms with van der Waals surface area (Å²) in [5.41, 5.74) is 2.43. The fraction of sp³-hybridized carbons (Fsp3) is 0.138. The molecule has 0 bridgehead atoms. The van der Waals surface area contributed by atoms with Crippen LogP contribution in [0.4, 0.5) is 0 Å². The van der Waals surface area contributed by atoms with Gasteiger partial charge >= 0.3 is 204 Å². The molecule has 0 atom stereocenters. The predicted octanol–water partition coefficient (Wildman–Crippen LogP) is 6.43. The van der Waals surface area contributed by atoms with E-state index in [0.717, 1.165) is 12.6 Å². The van der Waals surface area contributed by atoms with Gasteiger partial charge in [-0.15, -0.1) is 0 Å². The van der Waals surface area contributed by atoms with Gasteiger partial charge in [0.05, 0.1) is 0 Å². The summed E-state index contributed by atoms with van der Waals surface area (Å²) in [7, 11) is 0. The van der Waals surface area contributed by atoms with E-state index in [9.17, 15) is 4.79 Å². The van der Waals surface area contributed by atoms with E-state index in [2.05, 4.69) is 131 Å². The zero-order chi connectivity index (χ0) is 23.2. The van der Waals surface area contributed by atoms with Crippen molar-refractivity contribution in [3.63, 3.8) is 0 Å². The van der Waals surface area contributed by atoms with Crippen LogP contribution in [0.2, 0.25) is 0 Å². The molecule has 4 aromatic carbocycles. The first-order valence-corrected chi connectivity index (χ1v) is 15.6. The first-order chi connectivity index (χ1) is 16.0. The average Bonchev–Trinajstić information content (AvgIpc) is 2.86. The van der Waals surface area contributed by atoms with Gasteiger partial charge in [-0.05, 0) is 0 Å². The zero-order valence-corrected chi connectivity index (χ0v) is 21.0. The van der Waals surface area contributed by atoms with Gasteiger partial charge in [-0.25, -0.2) is 0 Å². The molecule has 2 nitrogen and oxygen atoms in total. The average molecular weight is 519 g/mol. The van der Waals surface area contributed by atoms with Crippen LogP contribution >= 0.6 is 20.8 Å². The number of hydrogen-bond donors (Lipinski definition) is 1. The van der Waals surface area contributed by atoms with Crippen molar-refractivity contribution >= 4 is 42.7 Å². The molecule has 1 N–H and O–H groups in total. The number of halogens is 1. The second-order valence-corrected chi connectivity index (χ2v) is 17.3. The fourth-order valence-corrected chi connectivity index (χ4v) is 12.3. The first kappa shape index (κ1) is 23.4. The second kappa shape index (κ2) is 10.0. The van der Waals surface area contributed by atoms with Crippen molar-refractivity contribution in [2.45, 2.75) is 25.4 Å². The molecule has 0 unspecified atom stereocenters.